The molecular weight excluding hydrogens is 318 g/mol. The standard InChI is InChI=1S/C16H16ClN3OS/c1-20(13-4-6-22(21)7-5-13)16-8-11(10-18)14-9-12(17)2-3-15(14)19-16/h2-3,8-9,13H,4-7H2,1H3. The molecule has 1 saturated heterocycles. The maximum Gasteiger partial charge on any atom is 0.130 e. The number of pyridine rings is 1. The number of halogens is 1. The van der Waals surface area contributed by atoms with Crippen LogP contribution in [-0.4, -0.2) is 33.8 Å². The Morgan fingerprint density at radius 3 is 2.77 bits per heavy atom. The van der Waals surface area contributed by atoms with Crippen LogP contribution in [0.5, 0.6) is 0 Å². The molecule has 4 nitrogen and oxygen atoms in total. The maximum absolute atomic E-state index is 11.5. The fourth-order valence-electron chi connectivity index (χ4n) is 2.81. The number of nitrogens with zero attached hydrogens (tertiary/aromatic N) is 3. The summed E-state index contributed by atoms with van der Waals surface area (Å²) in [6, 6.07) is 9.76. The molecule has 0 N–H and O–H groups in total. The average Bonchev–Trinajstić information content (AvgIpc) is 2.54. The van der Waals surface area contributed by atoms with Crippen LogP contribution < -0.4 is 4.90 Å². The van der Waals surface area contributed by atoms with Gasteiger partial charge in [-0.2, -0.15) is 5.26 Å². The van der Waals surface area contributed by atoms with Gasteiger partial charge in [-0.3, -0.25) is 4.21 Å². The van der Waals surface area contributed by atoms with Gasteiger partial charge in [0.05, 0.1) is 17.1 Å². The molecule has 0 radical (unpaired) electrons. The first-order chi connectivity index (χ1) is 10.6. The Hall–Kier alpha value is -1.64. The zero-order valence-electron chi connectivity index (χ0n) is 12.3. The minimum Gasteiger partial charge on any atom is -0.357 e. The van der Waals surface area contributed by atoms with Crippen LogP contribution >= 0.6 is 11.6 Å². The molecule has 22 heavy (non-hydrogen) atoms. The van der Waals surface area contributed by atoms with Gasteiger partial charge >= 0.3 is 0 Å². The molecule has 1 aromatic carbocycles. The van der Waals surface area contributed by atoms with Crippen molar-refractivity contribution in [2.75, 3.05) is 23.5 Å². The Morgan fingerprint density at radius 2 is 2.09 bits per heavy atom. The number of fused-ring (bicyclic) bond motifs is 1. The second-order valence-electron chi connectivity index (χ2n) is 5.49. The summed E-state index contributed by atoms with van der Waals surface area (Å²) in [6.07, 6.45) is 1.79. The lowest BCUT2D eigenvalue weighted by Crippen LogP contribution is -2.37. The van der Waals surface area contributed by atoms with Crippen LogP contribution in [0.3, 0.4) is 0 Å². The van der Waals surface area contributed by atoms with Crippen LogP contribution in [0.15, 0.2) is 24.3 Å². The molecule has 0 atom stereocenters. The molecule has 1 aliphatic rings. The SMILES string of the molecule is CN(c1cc(C#N)c2cc(Cl)ccc2n1)C1CCS(=O)CC1. The van der Waals surface area contributed by atoms with Crippen molar-refractivity contribution in [3.63, 3.8) is 0 Å². The smallest absolute Gasteiger partial charge is 0.130 e. The third kappa shape index (κ3) is 2.94. The third-order valence-electron chi connectivity index (χ3n) is 4.14. The van der Waals surface area contributed by atoms with Crippen molar-refractivity contribution in [3.05, 3.63) is 34.9 Å². The summed E-state index contributed by atoms with van der Waals surface area (Å²) < 4.78 is 11.5. The van der Waals surface area contributed by atoms with Crippen LogP contribution in [0, 0.1) is 11.3 Å². The van der Waals surface area contributed by atoms with E-state index in [9.17, 15) is 9.47 Å². The molecule has 1 aromatic heterocycles. The van der Waals surface area contributed by atoms with Gasteiger partial charge in [-0.1, -0.05) is 11.6 Å². The zero-order valence-corrected chi connectivity index (χ0v) is 13.8. The predicted octanol–water partition coefficient (Wildman–Crippen LogP) is 3.11. The van der Waals surface area contributed by atoms with Gasteiger partial charge in [0, 0.05) is 45.8 Å². The Labute approximate surface area is 137 Å². The van der Waals surface area contributed by atoms with E-state index in [0.29, 0.717) is 16.6 Å². The lowest BCUT2D eigenvalue weighted by Gasteiger charge is -2.32. The molecule has 1 aliphatic heterocycles. The first-order valence-corrected chi connectivity index (χ1v) is 9.03. The van der Waals surface area contributed by atoms with E-state index in [1.807, 2.05) is 19.2 Å². The van der Waals surface area contributed by atoms with Crippen molar-refractivity contribution in [2.24, 2.45) is 0 Å². The van der Waals surface area contributed by atoms with E-state index in [-0.39, 0.29) is 0 Å². The van der Waals surface area contributed by atoms with Gasteiger partial charge in [0.15, 0.2) is 0 Å². The van der Waals surface area contributed by atoms with Crippen molar-refractivity contribution in [2.45, 2.75) is 18.9 Å². The highest BCUT2D eigenvalue weighted by molar-refractivity contribution is 7.85. The van der Waals surface area contributed by atoms with Gasteiger partial charge in [0.2, 0.25) is 0 Å². The first-order valence-electron chi connectivity index (χ1n) is 7.16. The van der Waals surface area contributed by atoms with Crippen molar-refractivity contribution in [1.29, 1.82) is 5.26 Å². The fraction of sp³-hybridized carbons (Fsp3) is 0.375. The van der Waals surface area contributed by atoms with E-state index in [4.69, 9.17) is 11.6 Å². The fourth-order valence-corrected chi connectivity index (χ4v) is 4.26. The number of hydrogen-bond donors (Lipinski definition) is 0. The number of anilines is 1. The van der Waals surface area contributed by atoms with Crippen molar-refractivity contribution >= 4 is 39.1 Å². The number of benzene rings is 1. The van der Waals surface area contributed by atoms with Crippen LogP contribution in [0.25, 0.3) is 10.9 Å². The highest BCUT2D eigenvalue weighted by Gasteiger charge is 2.23. The number of aromatic nitrogens is 1. The van der Waals surface area contributed by atoms with Crippen molar-refractivity contribution in [1.82, 2.24) is 4.98 Å². The molecule has 3 rings (SSSR count). The molecule has 114 valence electrons. The van der Waals surface area contributed by atoms with E-state index in [2.05, 4.69) is 16.0 Å². The molecule has 1 fully saturated rings. The molecule has 2 heterocycles. The van der Waals surface area contributed by atoms with E-state index in [0.717, 1.165) is 41.1 Å². The van der Waals surface area contributed by atoms with Gasteiger partial charge in [0.25, 0.3) is 0 Å². The van der Waals surface area contributed by atoms with Gasteiger partial charge in [-0.05, 0) is 37.1 Å². The van der Waals surface area contributed by atoms with Gasteiger partial charge in [-0.15, -0.1) is 0 Å². The highest BCUT2D eigenvalue weighted by Crippen LogP contribution is 2.27. The number of rotatable bonds is 2. The Morgan fingerprint density at radius 1 is 1.36 bits per heavy atom. The summed E-state index contributed by atoms with van der Waals surface area (Å²) in [7, 11) is 1.31. The highest BCUT2D eigenvalue weighted by atomic mass is 35.5. The molecular formula is C16H16ClN3OS. The first kappa shape index (κ1) is 15.3. The molecule has 0 bridgehead atoms. The topological polar surface area (TPSA) is 57.0 Å². The lowest BCUT2D eigenvalue weighted by atomic mass is 10.1. The zero-order chi connectivity index (χ0) is 15.7. The van der Waals surface area contributed by atoms with Gasteiger partial charge in [0.1, 0.15) is 5.82 Å². The minimum absolute atomic E-state index is 0.321. The van der Waals surface area contributed by atoms with Gasteiger partial charge in [-0.25, -0.2) is 4.98 Å². The van der Waals surface area contributed by atoms with Crippen molar-refractivity contribution in [3.8, 4) is 6.07 Å². The summed E-state index contributed by atoms with van der Waals surface area (Å²) in [4.78, 5) is 6.76. The second-order valence-corrected chi connectivity index (χ2v) is 7.62. The molecule has 0 spiro atoms. The van der Waals surface area contributed by atoms with Crippen LogP contribution in [0.4, 0.5) is 5.82 Å². The molecule has 0 aliphatic carbocycles. The lowest BCUT2D eigenvalue weighted by molar-refractivity contribution is 0.567. The maximum atomic E-state index is 11.5. The molecule has 0 saturated carbocycles. The predicted molar refractivity (Wildman–Crippen MR) is 90.8 cm³/mol. The molecule has 6 heteroatoms. The average molecular weight is 334 g/mol. The summed E-state index contributed by atoms with van der Waals surface area (Å²) >= 11 is 6.01. The third-order valence-corrected chi connectivity index (χ3v) is 5.76. The summed E-state index contributed by atoms with van der Waals surface area (Å²) in [5.74, 6) is 2.26. The van der Waals surface area contributed by atoms with E-state index in [1.54, 1.807) is 12.1 Å². The summed E-state index contributed by atoms with van der Waals surface area (Å²) in [5.41, 5.74) is 1.35. The quantitative estimate of drug-likeness (QED) is 0.847. The Kier molecular flexibility index (Phi) is 4.32. The van der Waals surface area contributed by atoms with E-state index < -0.39 is 10.8 Å². The summed E-state index contributed by atoms with van der Waals surface area (Å²) in [6.45, 7) is 0. The van der Waals surface area contributed by atoms with E-state index >= 15 is 0 Å². The Bertz CT molecular complexity index is 777. The van der Waals surface area contributed by atoms with Crippen molar-refractivity contribution < 1.29 is 4.21 Å². The number of hydrogen-bond acceptors (Lipinski definition) is 4. The van der Waals surface area contributed by atoms with Gasteiger partial charge < -0.3 is 4.90 Å². The second kappa shape index (κ2) is 6.23. The minimum atomic E-state index is -0.679. The monoisotopic (exact) mass is 333 g/mol. The van der Waals surface area contributed by atoms with Crippen LogP contribution in [-0.2, 0) is 10.8 Å². The summed E-state index contributed by atoms with van der Waals surface area (Å²) in [5, 5.41) is 10.8. The Balaban J connectivity index is 1.99. The molecule has 0 amide bonds. The largest absolute Gasteiger partial charge is 0.357 e. The molecule has 2 aromatic rings. The normalized spacial score (nSPS) is 21.5. The molecule has 0 unspecified atom stereocenters. The van der Waals surface area contributed by atoms with E-state index in [1.165, 1.54) is 0 Å². The number of nitriles is 1. The van der Waals surface area contributed by atoms with Crippen LogP contribution in [0.2, 0.25) is 5.02 Å². The van der Waals surface area contributed by atoms with Crippen LogP contribution in [0.1, 0.15) is 18.4 Å².